The number of amides is 1. The zero-order chi connectivity index (χ0) is 19.7. The molecular weight excluding hydrogens is 358 g/mol. The molecule has 0 spiro atoms. The SMILES string of the molecule is CC(C)[C@@H](C)NC(=O)COC(=O)c1ccc(S(=O)(=O)NCCC#N)cc1. The van der Waals surface area contributed by atoms with Crippen molar-refractivity contribution < 1.29 is 22.7 Å². The lowest BCUT2D eigenvalue weighted by molar-refractivity contribution is -0.125. The average molecular weight is 381 g/mol. The quantitative estimate of drug-likeness (QED) is 0.489. The van der Waals surface area contributed by atoms with E-state index in [-0.39, 0.29) is 35.4 Å². The summed E-state index contributed by atoms with van der Waals surface area (Å²) in [7, 11) is -3.74. The van der Waals surface area contributed by atoms with Crippen LogP contribution in [0.4, 0.5) is 0 Å². The highest BCUT2D eigenvalue weighted by molar-refractivity contribution is 7.89. The van der Waals surface area contributed by atoms with Crippen molar-refractivity contribution in [2.45, 2.75) is 38.1 Å². The highest BCUT2D eigenvalue weighted by atomic mass is 32.2. The maximum Gasteiger partial charge on any atom is 0.338 e. The standard InChI is InChI=1S/C17H23N3O5S/c1-12(2)13(3)20-16(21)11-25-17(22)14-5-7-15(8-6-14)26(23,24)19-10-4-9-18/h5-8,12-13,19H,4,10-11H2,1-3H3,(H,20,21)/t13-/m1/s1. The summed E-state index contributed by atoms with van der Waals surface area (Å²) in [5.74, 6) is -0.870. The fourth-order valence-corrected chi connectivity index (χ4v) is 2.80. The molecule has 0 aliphatic rings. The summed E-state index contributed by atoms with van der Waals surface area (Å²) >= 11 is 0. The Hall–Kier alpha value is -2.44. The third-order valence-electron chi connectivity index (χ3n) is 3.65. The van der Waals surface area contributed by atoms with Crippen molar-refractivity contribution in [3.8, 4) is 6.07 Å². The summed E-state index contributed by atoms with van der Waals surface area (Å²) in [4.78, 5) is 23.6. The van der Waals surface area contributed by atoms with Crippen molar-refractivity contribution in [2.75, 3.05) is 13.2 Å². The Morgan fingerprint density at radius 1 is 1.19 bits per heavy atom. The Morgan fingerprint density at radius 2 is 1.81 bits per heavy atom. The molecule has 0 saturated heterocycles. The molecule has 0 bridgehead atoms. The zero-order valence-electron chi connectivity index (χ0n) is 15.0. The highest BCUT2D eigenvalue weighted by Crippen LogP contribution is 2.11. The molecule has 142 valence electrons. The first-order chi connectivity index (χ1) is 12.2. The number of hydrogen-bond donors (Lipinski definition) is 2. The van der Waals surface area contributed by atoms with Gasteiger partial charge in [-0.05, 0) is 37.1 Å². The molecular formula is C17H23N3O5S. The lowest BCUT2D eigenvalue weighted by Crippen LogP contribution is -2.38. The number of carbonyl (C=O) groups excluding carboxylic acids is 2. The van der Waals surface area contributed by atoms with Gasteiger partial charge in [0.25, 0.3) is 5.91 Å². The molecule has 0 saturated carbocycles. The molecule has 0 aromatic heterocycles. The molecule has 0 aliphatic heterocycles. The molecule has 1 aromatic carbocycles. The molecule has 26 heavy (non-hydrogen) atoms. The second-order valence-corrected chi connectivity index (χ2v) is 7.77. The van der Waals surface area contributed by atoms with Crippen molar-refractivity contribution in [2.24, 2.45) is 5.92 Å². The molecule has 1 aromatic rings. The molecule has 1 atom stereocenters. The number of nitriles is 1. The molecule has 8 nitrogen and oxygen atoms in total. The van der Waals surface area contributed by atoms with Gasteiger partial charge in [0, 0.05) is 19.0 Å². The number of nitrogens with zero attached hydrogens (tertiary/aromatic N) is 1. The number of ether oxygens (including phenoxy) is 1. The van der Waals surface area contributed by atoms with Crippen molar-refractivity contribution >= 4 is 21.9 Å². The Bertz CT molecular complexity index is 767. The molecule has 0 aliphatic carbocycles. The molecule has 0 fully saturated rings. The van der Waals surface area contributed by atoms with Gasteiger partial charge in [0.15, 0.2) is 6.61 Å². The van der Waals surface area contributed by atoms with Gasteiger partial charge < -0.3 is 10.1 Å². The number of carbonyl (C=O) groups is 2. The summed E-state index contributed by atoms with van der Waals surface area (Å²) < 4.78 is 31.1. The minimum Gasteiger partial charge on any atom is -0.452 e. The topological polar surface area (TPSA) is 125 Å². The van der Waals surface area contributed by atoms with E-state index in [4.69, 9.17) is 10.00 Å². The first-order valence-electron chi connectivity index (χ1n) is 8.10. The summed E-state index contributed by atoms with van der Waals surface area (Å²) in [5.41, 5.74) is 0.130. The zero-order valence-corrected chi connectivity index (χ0v) is 15.8. The number of esters is 1. The van der Waals surface area contributed by atoms with Crippen molar-refractivity contribution in [1.82, 2.24) is 10.0 Å². The van der Waals surface area contributed by atoms with E-state index in [9.17, 15) is 18.0 Å². The third-order valence-corrected chi connectivity index (χ3v) is 5.13. The van der Waals surface area contributed by atoms with E-state index < -0.39 is 28.5 Å². The van der Waals surface area contributed by atoms with Crippen LogP contribution in [0.15, 0.2) is 29.2 Å². The van der Waals surface area contributed by atoms with Crippen LogP contribution in [0, 0.1) is 17.2 Å². The Balaban J connectivity index is 2.61. The summed E-state index contributed by atoms with van der Waals surface area (Å²) in [5, 5.41) is 11.1. The fourth-order valence-electron chi connectivity index (χ4n) is 1.77. The second kappa shape index (κ2) is 9.89. The van der Waals surface area contributed by atoms with E-state index in [0.717, 1.165) is 0 Å². The molecule has 1 amide bonds. The van der Waals surface area contributed by atoms with Crippen LogP contribution in [0.5, 0.6) is 0 Å². The first kappa shape index (κ1) is 21.6. The van der Waals surface area contributed by atoms with Crippen LogP contribution in [0.1, 0.15) is 37.6 Å². The van der Waals surface area contributed by atoms with Gasteiger partial charge in [0.1, 0.15) is 0 Å². The number of hydrogen-bond acceptors (Lipinski definition) is 6. The fraction of sp³-hybridized carbons (Fsp3) is 0.471. The summed E-state index contributed by atoms with van der Waals surface area (Å²) in [6.07, 6.45) is 0.0567. The van der Waals surface area contributed by atoms with E-state index in [0.29, 0.717) is 0 Å². The molecule has 2 N–H and O–H groups in total. The van der Waals surface area contributed by atoms with Gasteiger partial charge in [-0.25, -0.2) is 17.9 Å². The molecule has 0 radical (unpaired) electrons. The number of sulfonamides is 1. The Labute approximate surface area is 153 Å². The van der Waals surface area contributed by atoms with E-state index in [1.807, 2.05) is 26.8 Å². The van der Waals surface area contributed by atoms with Gasteiger partial charge in [-0.3, -0.25) is 4.79 Å². The number of rotatable bonds is 9. The maximum absolute atomic E-state index is 12.0. The number of nitrogens with one attached hydrogen (secondary N) is 2. The second-order valence-electron chi connectivity index (χ2n) is 6.01. The monoisotopic (exact) mass is 381 g/mol. The van der Waals surface area contributed by atoms with Crippen LogP contribution >= 0.6 is 0 Å². The molecule has 0 unspecified atom stereocenters. The Morgan fingerprint density at radius 3 is 2.35 bits per heavy atom. The van der Waals surface area contributed by atoms with Gasteiger partial charge in [-0.1, -0.05) is 13.8 Å². The predicted octanol–water partition coefficient (Wildman–Crippen LogP) is 1.20. The van der Waals surface area contributed by atoms with Crippen LogP contribution in [-0.2, 0) is 19.6 Å². The molecule has 9 heteroatoms. The van der Waals surface area contributed by atoms with E-state index >= 15 is 0 Å². The van der Waals surface area contributed by atoms with Crippen LogP contribution in [0.2, 0.25) is 0 Å². The van der Waals surface area contributed by atoms with E-state index in [1.165, 1.54) is 24.3 Å². The van der Waals surface area contributed by atoms with Crippen LogP contribution in [0.25, 0.3) is 0 Å². The van der Waals surface area contributed by atoms with E-state index in [2.05, 4.69) is 10.0 Å². The lowest BCUT2D eigenvalue weighted by atomic mass is 10.1. The smallest absolute Gasteiger partial charge is 0.338 e. The lowest BCUT2D eigenvalue weighted by Gasteiger charge is -2.17. The van der Waals surface area contributed by atoms with E-state index in [1.54, 1.807) is 0 Å². The number of benzene rings is 1. The molecule has 1 rings (SSSR count). The third kappa shape index (κ3) is 6.82. The summed E-state index contributed by atoms with van der Waals surface area (Å²) in [6, 6.07) is 6.91. The highest BCUT2D eigenvalue weighted by Gasteiger charge is 2.16. The van der Waals surface area contributed by atoms with Gasteiger partial charge >= 0.3 is 5.97 Å². The van der Waals surface area contributed by atoms with Crippen LogP contribution < -0.4 is 10.0 Å². The van der Waals surface area contributed by atoms with Crippen molar-refractivity contribution in [3.05, 3.63) is 29.8 Å². The summed E-state index contributed by atoms with van der Waals surface area (Å²) in [6.45, 7) is 5.37. The van der Waals surface area contributed by atoms with Gasteiger partial charge in [-0.15, -0.1) is 0 Å². The minimum atomic E-state index is -3.74. The largest absolute Gasteiger partial charge is 0.452 e. The van der Waals surface area contributed by atoms with Gasteiger partial charge in [-0.2, -0.15) is 5.26 Å². The average Bonchev–Trinajstić information content (AvgIpc) is 2.59. The molecule has 0 heterocycles. The maximum atomic E-state index is 12.0. The predicted molar refractivity (Wildman–Crippen MR) is 94.6 cm³/mol. The Kier molecular flexibility index (Phi) is 8.22. The van der Waals surface area contributed by atoms with Crippen molar-refractivity contribution in [1.29, 1.82) is 5.26 Å². The van der Waals surface area contributed by atoms with Gasteiger partial charge in [0.2, 0.25) is 10.0 Å². The first-order valence-corrected chi connectivity index (χ1v) is 9.59. The van der Waals surface area contributed by atoms with Crippen LogP contribution in [0.3, 0.4) is 0 Å². The van der Waals surface area contributed by atoms with Crippen LogP contribution in [-0.4, -0.2) is 39.5 Å². The van der Waals surface area contributed by atoms with Gasteiger partial charge in [0.05, 0.1) is 16.5 Å². The van der Waals surface area contributed by atoms with Crippen molar-refractivity contribution in [3.63, 3.8) is 0 Å². The normalized spacial score (nSPS) is 12.3. The minimum absolute atomic E-state index is 0.00649.